The molecule has 2 aliphatic carbocycles. The molecule has 1 spiro atoms. The van der Waals surface area contributed by atoms with Crippen LogP contribution in [0.3, 0.4) is 0 Å². The number of fused-ring (bicyclic) bond motifs is 4. The second-order valence-electron chi connectivity index (χ2n) is 15.5. The maximum Gasteiger partial charge on any atom is 0.264 e. The highest BCUT2D eigenvalue weighted by atomic mass is 35.5. The van der Waals surface area contributed by atoms with Gasteiger partial charge in [-0.05, 0) is 130 Å². The summed E-state index contributed by atoms with van der Waals surface area (Å²) in [5, 5.41) is -0.0254. The molecule has 278 valence electrons. The van der Waals surface area contributed by atoms with E-state index in [1.807, 2.05) is 25.1 Å². The molecule has 7 rings (SSSR count). The van der Waals surface area contributed by atoms with Crippen LogP contribution >= 0.6 is 11.6 Å². The molecule has 9 nitrogen and oxygen atoms in total. The summed E-state index contributed by atoms with van der Waals surface area (Å²) in [5.41, 5.74) is 3.42. The van der Waals surface area contributed by atoms with E-state index in [9.17, 15) is 13.2 Å². The number of ether oxygens (including phenoxy) is 4. The van der Waals surface area contributed by atoms with E-state index in [0.29, 0.717) is 49.4 Å². The Labute approximate surface area is 308 Å². The summed E-state index contributed by atoms with van der Waals surface area (Å²) in [5.74, 6) is 0.554. The maximum absolute atomic E-state index is 13.5. The van der Waals surface area contributed by atoms with Gasteiger partial charge in [-0.1, -0.05) is 36.7 Å². The molecule has 1 amide bonds. The number of sulfonamides is 1. The fourth-order valence-electron chi connectivity index (χ4n) is 8.66. The number of carbonyl (C=O) groups is 1. The van der Waals surface area contributed by atoms with Crippen molar-refractivity contribution in [3.8, 4) is 5.75 Å². The monoisotopic (exact) mass is 740 g/mol. The molecule has 2 aromatic carbocycles. The third kappa shape index (κ3) is 8.15. The SMILES string of the molecule is C[C@@H]1[C@@H](C)C/C=C/[C@H](OCCCO[C@H]2CCCCO2)[C@@H]2CC[C@H]2CN2C[C@@]3(CCCc4cc(Cl)ccc43)COc3ccc(cc32)C(=O)NS1(=O)=O. The van der Waals surface area contributed by atoms with Gasteiger partial charge in [-0.2, -0.15) is 0 Å². The van der Waals surface area contributed by atoms with Crippen LogP contribution in [-0.2, 0) is 36.1 Å². The summed E-state index contributed by atoms with van der Waals surface area (Å²) in [6, 6.07) is 11.6. The highest BCUT2D eigenvalue weighted by molar-refractivity contribution is 7.90. The van der Waals surface area contributed by atoms with E-state index in [1.165, 1.54) is 11.1 Å². The largest absolute Gasteiger partial charge is 0.490 e. The number of anilines is 1. The predicted octanol–water partition coefficient (Wildman–Crippen LogP) is 7.20. The number of aryl methyl sites for hydroxylation is 1. The van der Waals surface area contributed by atoms with Gasteiger partial charge in [-0.25, -0.2) is 13.1 Å². The number of rotatable bonds is 6. The minimum absolute atomic E-state index is 0.0954. The first-order chi connectivity index (χ1) is 24.6. The third-order valence-electron chi connectivity index (χ3n) is 12.1. The fraction of sp³-hybridized carbons (Fsp3) is 0.625. The summed E-state index contributed by atoms with van der Waals surface area (Å²) in [6.45, 7) is 7.52. The van der Waals surface area contributed by atoms with Crippen molar-refractivity contribution in [2.24, 2.45) is 17.8 Å². The van der Waals surface area contributed by atoms with Gasteiger partial charge in [0.2, 0.25) is 10.0 Å². The van der Waals surface area contributed by atoms with Crippen LogP contribution in [-0.4, -0.2) is 71.5 Å². The summed E-state index contributed by atoms with van der Waals surface area (Å²) >= 11 is 6.47. The van der Waals surface area contributed by atoms with Gasteiger partial charge in [0.25, 0.3) is 5.91 Å². The third-order valence-corrected chi connectivity index (χ3v) is 14.2. The number of nitrogens with one attached hydrogen (secondary N) is 1. The van der Waals surface area contributed by atoms with Gasteiger partial charge < -0.3 is 23.8 Å². The number of amides is 1. The molecule has 11 heteroatoms. The van der Waals surface area contributed by atoms with Crippen molar-refractivity contribution in [2.45, 2.75) is 101 Å². The van der Waals surface area contributed by atoms with Crippen molar-refractivity contribution in [2.75, 3.05) is 44.4 Å². The highest BCUT2D eigenvalue weighted by Gasteiger charge is 2.44. The molecule has 7 atom stereocenters. The number of carbonyl (C=O) groups excluding carboxylic acids is 1. The molecule has 2 aromatic rings. The van der Waals surface area contributed by atoms with Gasteiger partial charge >= 0.3 is 0 Å². The Morgan fingerprint density at radius 2 is 1.90 bits per heavy atom. The number of benzene rings is 2. The van der Waals surface area contributed by atoms with E-state index < -0.39 is 21.2 Å². The van der Waals surface area contributed by atoms with E-state index in [-0.39, 0.29) is 23.7 Å². The Balaban J connectivity index is 1.18. The van der Waals surface area contributed by atoms with Crippen LogP contribution in [0.4, 0.5) is 5.69 Å². The van der Waals surface area contributed by atoms with E-state index in [2.05, 4.69) is 33.9 Å². The molecule has 0 aromatic heterocycles. The van der Waals surface area contributed by atoms with Crippen LogP contribution in [0.2, 0.25) is 5.02 Å². The number of allylic oxidation sites excluding steroid dienone is 1. The highest BCUT2D eigenvalue weighted by Crippen LogP contribution is 2.47. The average Bonchev–Trinajstić information content (AvgIpc) is 3.25. The Morgan fingerprint density at radius 1 is 1.04 bits per heavy atom. The number of hydrogen-bond donors (Lipinski definition) is 1. The molecule has 1 saturated heterocycles. The van der Waals surface area contributed by atoms with Crippen LogP contribution in [0.25, 0.3) is 0 Å². The summed E-state index contributed by atoms with van der Waals surface area (Å²) < 4.78 is 54.3. The Kier molecular flexibility index (Phi) is 11.4. The van der Waals surface area contributed by atoms with Crippen molar-refractivity contribution >= 4 is 33.2 Å². The lowest BCUT2D eigenvalue weighted by atomic mass is 9.68. The standard InChI is InChI=1S/C40H53ClN2O7S/c1-27-8-5-10-36(47-20-7-21-49-38-11-3-4-19-48-38)33-15-12-31(33)24-43-25-40(18-6-9-29-22-32(41)14-16-34(29)40)26-50-37-17-13-30(23-35(37)43)39(44)42-51(45,46)28(27)2/h5,10,13-14,16-17,22-23,27-28,31,33,36,38H,3-4,6-9,11-12,15,18-21,24-26H2,1-2H3,(H,42,44)/b10-5+/t27-,28+,31-,33+,36-,38-,40-/m0/s1. The molecule has 0 unspecified atom stereocenters. The van der Waals surface area contributed by atoms with Gasteiger partial charge in [0.1, 0.15) is 5.75 Å². The van der Waals surface area contributed by atoms with Gasteiger partial charge in [0.15, 0.2) is 6.29 Å². The average molecular weight is 741 g/mol. The molecular weight excluding hydrogens is 688 g/mol. The first-order valence-electron chi connectivity index (χ1n) is 19.0. The van der Waals surface area contributed by atoms with E-state index in [1.54, 1.807) is 13.0 Å². The fourth-order valence-corrected chi connectivity index (χ4v) is 10.1. The van der Waals surface area contributed by atoms with Crippen molar-refractivity contribution in [1.29, 1.82) is 0 Å². The molecule has 3 heterocycles. The van der Waals surface area contributed by atoms with Gasteiger partial charge in [-0.15, -0.1) is 0 Å². The number of nitrogens with zero attached hydrogens (tertiary/aromatic N) is 1. The zero-order valence-electron chi connectivity index (χ0n) is 30.0. The Hall–Kier alpha value is -2.63. The lowest BCUT2D eigenvalue weighted by Crippen LogP contribution is -2.49. The zero-order chi connectivity index (χ0) is 35.6. The van der Waals surface area contributed by atoms with Gasteiger partial charge in [0.05, 0.1) is 30.3 Å². The van der Waals surface area contributed by atoms with Gasteiger partial charge in [-0.3, -0.25) is 4.79 Å². The second-order valence-corrected chi connectivity index (χ2v) is 17.9. The van der Waals surface area contributed by atoms with Crippen LogP contribution in [0.5, 0.6) is 5.75 Å². The normalized spacial score (nSPS) is 32.8. The lowest BCUT2D eigenvalue weighted by Gasteiger charge is -2.46. The molecule has 51 heavy (non-hydrogen) atoms. The molecule has 1 N–H and O–H groups in total. The first-order valence-corrected chi connectivity index (χ1v) is 20.9. The number of halogens is 1. The van der Waals surface area contributed by atoms with Crippen LogP contribution in [0.1, 0.15) is 93.1 Å². The van der Waals surface area contributed by atoms with Crippen LogP contribution in [0, 0.1) is 17.8 Å². The van der Waals surface area contributed by atoms with Crippen molar-refractivity contribution in [1.82, 2.24) is 4.72 Å². The maximum atomic E-state index is 13.5. The summed E-state index contributed by atoms with van der Waals surface area (Å²) in [4.78, 5) is 15.9. The Bertz CT molecular complexity index is 1700. The molecule has 1 saturated carbocycles. The zero-order valence-corrected chi connectivity index (χ0v) is 31.6. The lowest BCUT2D eigenvalue weighted by molar-refractivity contribution is -0.164. The molecule has 5 aliphatic rings. The molecule has 2 fully saturated rings. The second kappa shape index (κ2) is 15.8. The van der Waals surface area contributed by atoms with E-state index in [0.717, 1.165) is 88.2 Å². The number of hydrogen-bond acceptors (Lipinski definition) is 8. The minimum atomic E-state index is -3.93. The van der Waals surface area contributed by atoms with E-state index >= 15 is 0 Å². The first kappa shape index (κ1) is 36.7. The minimum Gasteiger partial charge on any atom is -0.490 e. The Morgan fingerprint density at radius 3 is 2.71 bits per heavy atom. The summed E-state index contributed by atoms with van der Waals surface area (Å²) in [6.07, 6.45) is 13.7. The smallest absolute Gasteiger partial charge is 0.264 e. The van der Waals surface area contributed by atoms with Crippen molar-refractivity contribution < 1.29 is 32.2 Å². The molecule has 3 aliphatic heterocycles. The summed E-state index contributed by atoms with van der Waals surface area (Å²) in [7, 11) is -3.93. The van der Waals surface area contributed by atoms with Gasteiger partial charge in [0, 0.05) is 42.3 Å². The predicted molar refractivity (Wildman–Crippen MR) is 199 cm³/mol. The van der Waals surface area contributed by atoms with Crippen molar-refractivity contribution in [3.05, 3.63) is 70.3 Å². The molecule has 0 radical (unpaired) electrons. The topological polar surface area (TPSA) is 103 Å². The molecular formula is C40H53ClN2O7S. The molecule has 2 bridgehead atoms. The van der Waals surface area contributed by atoms with Crippen LogP contribution < -0.4 is 14.4 Å². The quantitative estimate of drug-likeness (QED) is 0.245. The van der Waals surface area contributed by atoms with E-state index in [4.69, 9.17) is 30.5 Å². The van der Waals surface area contributed by atoms with Crippen molar-refractivity contribution in [3.63, 3.8) is 0 Å². The van der Waals surface area contributed by atoms with Crippen LogP contribution in [0.15, 0.2) is 48.6 Å².